The molecule has 1 aliphatic heterocycles. The lowest BCUT2D eigenvalue weighted by Gasteiger charge is -2.21. The van der Waals surface area contributed by atoms with Crippen molar-refractivity contribution in [2.24, 2.45) is 5.73 Å². The molecule has 2 amide bonds. The number of rotatable bonds is 7. The first kappa shape index (κ1) is 23.5. The molecule has 1 fully saturated rings. The maximum Gasteiger partial charge on any atom is 0.270 e. The van der Waals surface area contributed by atoms with Gasteiger partial charge in [0, 0.05) is 35.5 Å². The quantitative estimate of drug-likeness (QED) is 0.277. The van der Waals surface area contributed by atoms with Crippen LogP contribution < -0.4 is 21.1 Å². The third-order valence-corrected chi connectivity index (χ3v) is 6.17. The second-order valence-electron chi connectivity index (χ2n) is 8.14. The third-order valence-electron chi connectivity index (χ3n) is 5.69. The van der Waals surface area contributed by atoms with Crippen LogP contribution in [0.15, 0.2) is 72.8 Å². The molecule has 34 heavy (non-hydrogen) atoms. The van der Waals surface area contributed by atoms with E-state index in [0.29, 0.717) is 33.4 Å². The number of nitrogen functional groups attached to an aromatic ring is 1. The molecule has 3 aromatic rings. The number of carbonyl (C=O) groups excluding carboxylic acids is 2. The van der Waals surface area contributed by atoms with Gasteiger partial charge in [0.05, 0.1) is 0 Å². The third kappa shape index (κ3) is 5.43. The van der Waals surface area contributed by atoms with Crippen LogP contribution in [0.5, 0.6) is 5.75 Å². The Hall–Kier alpha value is -3.70. The Balaban J connectivity index is 1.55. The van der Waals surface area contributed by atoms with Crippen LogP contribution in [-0.2, 0) is 4.79 Å². The van der Waals surface area contributed by atoms with Gasteiger partial charge in [-0.2, -0.15) is 0 Å². The van der Waals surface area contributed by atoms with E-state index >= 15 is 0 Å². The van der Waals surface area contributed by atoms with E-state index in [-0.39, 0.29) is 17.6 Å². The Morgan fingerprint density at radius 2 is 1.71 bits per heavy atom. The van der Waals surface area contributed by atoms with Crippen LogP contribution in [0.1, 0.15) is 40.4 Å². The summed E-state index contributed by atoms with van der Waals surface area (Å²) >= 11 is 0. The van der Waals surface area contributed by atoms with Crippen molar-refractivity contribution in [3.05, 3.63) is 89.5 Å². The van der Waals surface area contributed by atoms with Gasteiger partial charge in [-0.3, -0.25) is 15.0 Å². The van der Waals surface area contributed by atoms with E-state index in [1.807, 2.05) is 35.2 Å². The van der Waals surface area contributed by atoms with E-state index in [0.717, 1.165) is 25.9 Å². The molecule has 174 valence electrons. The molecule has 1 heterocycles. The minimum absolute atomic E-state index is 0.00919. The number of carbonyl (C=O) groups is 2. The number of nitrogens with one attached hydrogen (secondary N) is 2. The Morgan fingerprint density at radius 1 is 0.971 bits per heavy atom. The minimum atomic E-state index is -0.932. The Bertz CT molecular complexity index is 1210. The molecule has 8 heteroatoms. The van der Waals surface area contributed by atoms with Crippen LogP contribution in [0.25, 0.3) is 0 Å². The first-order valence-electron chi connectivity index (χ1n) is 11.1. The highest BCUT2D eigenvalue weighted by Crippen LogP contribution is 2.25. The van der Waals surface area contributed by atoms with Crippen LogP contribution in [0.3, 0.4) is 0 Å². The molecule has 0 saturated carbocycles. The smallest absolute Gasteiger partial charge is 0.270 e. The zero-order chi connectivity index (χ0) is 24.1. The number of likely N-dealkylation sites (tertiary alicyclic amines) is 1. The molecule has 2 atom stereocenters. The van der Waals surface area contributed by atoms with Gasteiger partial charge in [0.15, 0.2) is 0 Å². The van der Waals surface area contributed by atoms with Crippen molar-refractivity contribution in [3.63, 3.8) is 0 Å². The molecular weight excluding hydrogens is 447 g/mol. The normalized spacial score (nSPS) is 13.9. The van der Waals surface area contributed by atoms with Crippen LogP contribution in [0.2, 0.25) is 0 Å². The summed E-state index contributed by atoms with van der Waals surface area (Å²) in [4.78, 5) is 27.9. The molecule has 1 saturated heterocycles. The molecule has 0 radical (unpaired) electrons. The second kappa shape index (κ2) is 10.5. The number of nitrogens with zero attached hydrogens (tertiary/aromatic N) is 1. The van der Waals surface area contributed by atoms with Crippen molar-refractivity contribution in [1.82, 2.24) is 4.90 Å². The predicted molar refractivity (Wildman–Crippen MR) is 137 cm³/mol. The minimum Gasteiger partial charge on any atom is -0.476 e. The summed E-state index contributed by atoms with van der Waals surface area (Å²) < 4.78 is 6.06. The van der Waals surface area contributed by atoms with Crippen LogP contribution in [0, 0.1) is 5.41 Å². The van der Waals surface area contributed by atoms with E-state index in [2.05, 4.69) is 14.6 Å². The predicted octanol–water partition coefficient (Wildman–Crippen LogP) is 3.47. The number of anilines is 1. The zero-order valence-corrected chi connectivity index (χ0v) is 19.8. The lowest BCUT2D eigenvalue weighted by atomic mass is 10.1. The lowest BCUT2D eigenvalue weighted by Crippen LogP contribution is -2.29. The van der Waals surface area contributed by atoms with Gasteiger partial charge in [-0.25, -0.2) is 0 Å². The monoisotopic (exact) mass is 474 g/mol. The Morgan fingerprint density at radius 3 is 2.38 bits per heavy atom. The maximum absolute atomic E-state index is 13.3. The molecule has 0 spiro atoms. The first-order valence-corrected chi connectivity index (χ1v) is 11.7. The summed E-state index contributed by atoms with van der Waals surface area (Å²) in [6.07, 6.45) is 1.13. The average molecular weight is 475 g/mol. The number of ether oxygens (including phenoxy) is 1. The molecule has 7 nitrogen and oxygen atoms in total. The van der Waals surface area contributed by atoms with Crippen LogP contribution in [-0.4, -0.2) is 35.6 Å². The molecule has 0 bridgehead atoms. The molecule has 0 aliphatic carbocycles. The zero-order valence-electron chi connectivity index (χ0n) is 18.7. The van der Waals surface area contributed by atoms with Gasteiger partial charge in [-0.05, 0) is 48.5 Å². The number of hydrogen-bond acceptors (Lipinski definition) is 4. The van der Waals surface area contributed by atoms with Crippen molar-refractivity contribution in [2.75, 3.05) is 18.4 Å². The fourth-order valence-corrected chi connectivity index (χ4v) is 4.23. The molecule has 3 aromatic carbocycles. The molecular formula is C26H27N4O3P. The Kier molecular flexibility index (Phi) is 7.24. The fourth-order valence-electron chi connectivity index (χ4n) is 3.88. The highest BCUT2D eigenvalue weighted by atomic mass is 31.0. The lowest BCUT2D eigenvalue weighted by molar-refractivity contribution is -0.123. The van der Waals surface area contributed by atoms with Gasteiger partial charge in [0.25, 0.3) is 11.8 Å². The molecule has 4 N–H and O–H groups in total. The first-order chi connectivity index (χ1) is 16.4. The average Bonchev–Trinajstić information content (AvgIpc) is 3.39. The number of benzene rings is 3. The van der Waals surface area contributed by atoms with Crippen molar-refractivity contribution in [1.29, 1.82) is 5.41 Å². The van der Waals surface area contributed by atoms with Crippen molar-refractivity contribution >= 4 is 37.9 Å². The molecule has 0 aromatic heterocycles. The van der Waals surface area contributed by atoms with Gasteiger partial charge in [0.2, 0.25) is 6.10 Å². The van der Waals surface area contributed by atoms with E-state index in [1.165, 1.54) is 0 Å². The van der Waals surface area contributed by atoms with E-state index in [9.17, 15) is 9.59 Å². The largest absolute Gasteiger partial charge is 0.476 e. The van der Waals surface area contributed by atoms with Crippen LogP contribution in [0.4, 0.5) is 5.69 Å². The maximum atomic E-state index is 13.3. The van der Waals surface area contributed by atoms with Crippen molar-refractivity contribution in [3.8, 4) is 5.75 Å². The summed E-state index contributed by atoms with van der Waals surface area (Å²) in [6, 6.07) is 21.2. The van der Waals surface area contributed by atoms with Crippen molar-refractivity contribution < 1.29 is 14.3 Å². The van der Waals surface area contributed by atoms with Gasteiger partial charge in [0.1, 0.15) is 11.6 Å². The number of amides is 2. The van der Waals surface area contributed by atoms with Crippen LogP contribution >= 0.6 is 9.24 Å². The van der Waals surface area contributed by atoms with Gasteiger partial charge < -0.3 is 20.7 Å². The fraction of sp³-hybridized carbons (Fsp3) is 0.192. The SMILES string of the molecule is N=C(N)c1cccc(OC(C(=O)Nc2ccc(C(=O)N3CCCC3)cc2P)c2ccccc2)c1. The van der Waals surface area contributed by atoms with Gasteiger partial charge in [-0.15, -0.1) is 9.24 Å². The molecule has 4 rings (SSSR count). The van der Waals surface area contributed by atoms with E-state index < -0.39 is 6.10 Å². The Labute approximate surface area is 201 Å². The summed E-state index contributed by atoms with van der Waals surface area (Å²) in [6.45, 7) is 1.56. The van der Waals surface area contributed by atoms with E-state index in [4.69, 9.17) is 15.9 Å². The number of nitrogens with two attached hydrogens (primary N) is 1. The molecule has 1 aliphatic rings. The summed E-state index contributed by atoms with van der Waals surface area (Å²) in [5.41, 5.74) is 7.96. The summed E-state index contributed by atoms with van der Waals surface area (Å²) in [7, 11) is 2.59. The van der Waals surface area contributed by atoms with Crippen molar-refractivity contribution in [2.45, 2.75) is 18.9 Å². The molecule has 2 unspecified atom stereocenters. The number of hydrogen-bond donors (Lipinski definition) is 3. The highest BCUT2D eigenvalue weighted by molar-refractivity contribution is 7.28. The van der Waals surface area contributed by atoms with Gasteiger partial charge >= 0.3 is 0 Å². The second-order valence-corrected chi connectivity index (χ2v) is 8.76. The van der Waals surface area contributed by atoms with Gasteiger partial charge in [-0.1, -0.05) is 42.5 Å². The summed E-state index contributed by atoms with van der Waals surface area (Å²) in [5.74, 6) is -0.00610. The number of amidine groups is 1. The summed E-state index contributed by atoms with van der Waals surface area (Å²) in [5, 5.41) is 11.3. The van der Waals surface area contributed by atoms with E-state index in [1.54, 1.807) is 42.5 Å². The standard InChI is InChI=1S/C26H27N4O3P/c27-24(28)18-9-6-10-20(15-18)33-23(17-7-2-1-3-8-17)25(31)29-21-12-11-19(16-22(21)34)26(32)30-13-4-5-14-30/h1-3,6-12,15-16,23H,4-5,13-14,34H2,(H3,27,28)(H,29,31). The highest BCUT2D eigenvalue weighted by Gasteiger charge is 2.25. The topological polar surface area (TPSA) is 109 Å².